The normalized spacial score (nSPS) is 14.3. The highest BCUT2D eigenvalue weighted by Gasteiger charge is 2.24. The van der Waals surface area contributed by atoms with Crippen molar-refractivity contribution in [2.75, 3.05) is 43.5 Å². The molecule has 6 nitrogen and oxygen atoms in total. The van der Waals surface area contributed by atoms with E-state index in [-0.39, 0.29) is 6.03 Å². The van der Waals surface area contributed by atoms with Gasteiger partial charge in [0, 0.05) is 36.9 Å². The van der Waals surface area contributed by atoms with Crippen LogP contribution in [0.25, 0.3) is 0 Å². The van der Waals surface area contributed by atoms with Crippen molar-refractivity contribution in [2.24, 2.45) is 0 Å². The number of esters is 1. The number of rotatable bonds is 3. The Kier molecular flexibility index (Phi) is 5.68. The maximum absolute atomic E-state index is 12.5. The lowest BCUT2D eigenvalue weighted by Gasteiger charge is -2.36. The van der Waals surface area contributed by atoms with Crippen molar-refractivity contribution in [3.63, 3.8) is 0 Å². The summed E-state index contributed by atoms with van der Waals surface area (Å²) in [4.78, 5) is 28.6. The zero-order valence-electron chi connectivity index (χ0n) is 14.6. The highest BCUT2D eigenvalue weighted by molar-refractivity contribution is 7.12. The van der Waals surface area contributed by atoms with Gasteiger partial charge in [0.25, 0.3) is 0 Å². The summed E-state index contributed by atoms with van der Waals surface area (Å²) in [6, 6.07) is 7.34. The molecule has 2 amide bonds. The molecule has 3 rings (SSSR count). The van der Waals surface area contributed by atoms with E-state index in [2.05, 4.69) is 17.1 Å². The number of benzene rings is 1. The van der Waals surface area contributed by atoms with Crippen LogP contribution in [0.15, 0.2) is 29.6 Å². The summed E-state index contributed by atoms with van der Waals surface area (Å²) in [5, 5.41) is 5.27. The lowest BCUT2D eigenvalue weighted by Crippen LogP contribution is -2.50. The fraction of sp³-hybridized carbons (Fsp3) is 0.333. The molecule has 1 aromatic carbocycles. The zero-order valence-corrected chi connectivity index (χ0v) is 16.2. The molecule has 1 aromatic heterocycles. The highest BCUT2D eigenvalue weighted by atomic mass is 35.5. The standard InChI is InChI=1S/C18H20ClN3O3S/c1-12-3-4-13(19)11-15(12)21-6-8-22(9-7-21)18(24)20-14-5-10-26-16(14)17(23)25-2/h3-5,10-11H,6-9H2,1-2H3,(H,20,24). The molecule has 2 aromatic rings. The monoisotopic (exact) mass is 393 g/mol. The van der Waals surface area contributed by atoms with E-state index < -0.39 is 5.97 Å². The largest absolute Gasteiger partial charge is 0.465 e. The number of thiophene rings is 1. The first-order valence-electron chi connectivity index (χ1n) is 8.22. The van der Waals surface area contributed by atoms with Gasteiger partial charge in [0.05, 0.1) is 12.8 Å². The summed E-state index contributed by atoms with van der Waals surface area (Å²) in [5.74, 6) is -0.448. The van der Waals surface area contributed by atoms with Gasteiger partial charge in [-0.3, -0.25) is 0 Å². The van der Waals surface area contributed by atoms with Crippen LogP contribution in [0.4, 0.5) is 16.2 Å². The Bertz CT molecular complexity index is 816. The van der Waals surface area contributed by atoms with Crippen molar-refractivity contribution >= 4 is 46.3 Å². The predicted molar refractivity (Wildman–Crippen MR) is 105 cm³/mol. The van der Waals surface area contributed by atoms with E-state index in [9.17, 15) is 9.59 Å². The van der Waals surface area contributed by atoms with Crippen LogP contribution in [0, 0.1) is 6.92 Å². The van der Waals surface area contributed by atoms with Gasteiger partial charge < -0.3 is 19.9 Å². The van der Waals surface area contributed by atoms with Crippen LogP contribution in [0.5, 0.6) is 0 Å². The number of nitrogens with zero attached hydrogens (tertiary/aromatic N) is 2. The predicted octanol–water partition coefficient (Wildman–Crippen LogP) is 3.85. The number of hydrogen-bond acceptors (Lipinski definition) is 5. The van der Waals surface area contributed by atoms with Crippen LogP contribution in [-0.4, -0.2) is 50.2 Å². The van der Waals surface area contributed by atoms with Crippen LogP contribution in [-0.2, 0) is 4.74 Å². The summed E-state index contributed by atoms with van der Waals surface area (Å²) in [7, 11) is 1.32. The maximum atomic E-state index is 12.5. The molecule has 2 heterocycles. The highest BCUT2D eigenvalue weighted by Crippen LogP contribution is 2.26. The lowest BCUT2D eigenvalue weighted by atomic mass is 10.1. The summed E-state index contributed by atoms with van der Waals surface area (Å²) >= 11 is 7.35. The van der Waals surface area contributed by atoms with Gasteiger partial charge >= 0.3 is 12.0 Å². The Morgan fingerprint density at radius 1 is 1.19 bits per heavy atom. The Morgan fingerprint density at radius 3 is 2.62 bits per heavy atom. The Morgan fingerprint density at radius 2 is 1.92 bits per heavy atom. The molecule has 138 valence electrons. The van der Waals surface area contributed by atoms with Gasteiger partial charge in [0.2, 0.25) is 0 Å². The lowest BCUT2D eigenvalue weighted by molar-refractivity contribution is 0.0607. The van der Waals surface area contributed by atoms with Crippen molar-refractivity contribution < 1.29 is 14.3 Å². The Labute approximate surface area is 161 Å². The number of carbonyl (C=O) groups is 2. The van der Waals surface area contributed by atoms with E-state index in [1.165, 1.54) is 18.4 Å². The average molecular weight is 394 g/mol. The molecular weight excluding hydrogens is 374 g/mol. The Balaban J connectivity index is 1.61. The van der Waals surface area contributed by atoms with Crippen LogP contribution in [0.1, 0.15) is 15.2 Å². The van der Waals surface area contributed by atoms with E-state index in [4.69, 9.17) is 16.3 Å². The third-order valence-corrected chi connectivity index (χ3v) is 5.49. The molecule has 0 radical (unpaired) electrons. The SMILES string of the molecule is COC(=O)c1sccc1NC(=O)N1CCN(c2cc(Cl)ccc2C)CC1. The molecule has 1 N–H and O–H groups in total. The number of nitrogens with one attached hydrogen (secondary N) is 1. The number of halogens is 1. The molecule has 0 saturated carbocycles. The number of urea groups is 1. The topological polar surface area (TPSA) is 61.9 Å². The van der Waals surface area contributed by atoms with E-state index in [0.29, 0.717) is 28.7 Å². The van der Waals surface area contributed by atoms with Gasteiger partial charge in [0.15, 0.2) is 0 Å². The van der Waals surface area contributed by atoms with E-state index in [0.717, 1.165) is 24.3 Å². The molecule has 1 saturated heterocycles. The van der Waals surface area contributed by atoms with Crippen LogP contribution in [0.2, 0.25) is 5.02 Å². The summed E-state index contributed by atoms with van der Waals surface area (Å²) in [5.41, 5.74) is 2.75. The summed E-state index contributed by atoms with van der Waals surface area (Å²) in [6.07, 6.45) is 0. The summed E-state index contributed by atoms with van der Waals surface area (Å²) in [6.45, 7) is 4.69. The molecule has 0 unspecified atom stereocenters. The van der Waals surface area contributed by atoms with Gasteiger partial charge in [-0.15, -0.1) is 11.3 Å². The first kappa shape index (κ1) is 18.5. The number of hydrogen-bond donors (Lipinski definition) is 1. The number of amides is 2. The fourth-order valence-electron chi connectivity index (χ4n) is 2.93. The molecule has 0 spiro atoms. The molecule has 1 aliphatic rings. The van der Waals surface area contributed by atoms with E-state index in [1.807, 2.05) is 18.2 Å². The summed E-state index contributed by atoms with van der Waals surface area (Å²) < 4.78 is 4.74. The second-order valence-electron chi connectivity index (χ2n) is 5.99. The maximum Gasteiger partial charge on any atom is 0.350 e. The van der Waals surface area contributed by atoms with E-state index >= 15 is 0 Å². The molecule has 0 bridgehead atoms. The van der Waals surface area contributed by atoms with Crippen LogP contribution in [0.3, 0.4) is 0 Å². The molecule has 0 atom stereocenters. The number of ether oxygens (including phenoxy) is 1. The minimum Gasteiger partial charge on any atom is -0.465 e. The molecule has 1 aliphatic heterocycles. The number of piperazine rings is 1. The number of anilines is 2. The third-order valence-electron chi connectivity index (χ3n) is 4.36. The number of carbonyl (C=O) groups excluding carboxylic acids is 2. The fourth-order valence-corrected chi connectivity index (χ4v) is 3.86. The zero-order chi connectivity index (χ0) is 18.7. The molecule has 8 heteroatoms. The molecule has 1 fully saturated rings. The van der Waals surface area contributed by atoms with Crippen molar-refractivity contribution in [3.8, 4) is 0 Å². The van der Waals surface area contributed by atoms with Gasteiger partial charge in [-0.05, 0) is 36.1 Å². The van der Waals surface area contributed by atoms with Gasteiger partial charge in [-0.1, -0.05) is 17.7 Å². The number of methoxy groups -OCH3 is 1. The molecule has 0 aliphatic carbocycles. The van der Waals surface area contributed by atoms with Crippen molar-refractivity contribution in [3.05, 3.63) is 45.1 Å². The first-order chi connectivity index (χ1) is 12.5. The Hall–Kier alpha value is -2.25. The number of aryl methyl sites for hydroxylation is 1. The molecular formula is C18H20ClN3O3S. The van der Waals surface area contributed by atoms with Gasteiger partial charge in [-0.2, -0.15) is 0 Å². The average Bonchev–Trinajstić information content (AvgIpc) is 3.11. The van der Waals surface area contributed by atoms with Crippen LogP contribution >= 0.6 is 22.9 Å². The van der Waals surface area contributed by atoms with Crippen molar-refractivity contribution in [1.29, 1.82) is 0 Å². The minimum atomic E-state index is -0.448. The van der Waals surface area contributed by atoms with Gasteiger partial charge in [0.1, 0.15) is 4.88 Å². The van der Waals surface area contributed by atoms with Gasteiger partial charge in [-0.25, -0.2) is 9.59 Å². The van der Waals surface area contributed by atoms with Crippen molar-refractivity contribution in [2.45, 2.75) is 6.92 Å². The second kappa shape index (κ2) is 7.97. The molecule has 26 heavy (non-hydrogen) atoms. The van der Waals surface area contributed by atoms with Crippen LogP contribution < -0.4 is 10.2 Å². The second-order valence-corrected chi connectivity index (χ2v) is 7.34. The third kappa shape index (κ3) is 3.94. The van der Waals surface area contributed by atoms with E-state index in [1.54, 1.807) is 16.3 Å². The van der Waals surface area contributed by atoms with Crippen molar-refractivity contribution in [1.82, 2.24) is 4.90 Å². The minimum absolute atomic E-state index is 0.212. The quantitative estimate of drug-likeness (QED) is 0.804. The smallest absolute Gasteiger partial charge is 0.350 e. The first-order valence-corrected chi connectivity index (χ1v) is 9.48.